The van der Waals surface area contributed by atoms with Gasteiger partial charge in [0.05, 0.1) is 27.7 Å². The lowest BCUT2D eigenvalue weighted by atomic mass is 10.5. The second kappa shape index (κ2) is 5.00. The lowest BCUT2D eigenvalue weighted by molar-refractivity contribution is 1.18. The monoisotopic (exact) mass is 298 g/mol. The average Bonchev–Trinajstić information content (AvgIpc) is 2.52. The number of hydrogen-bond acceptors (Lipinski definition) is 4. The van der Waals surface area contributed by atoms with Crippen LogP contribution in [0.1, 0.15) is 4.88 Å². The molecule has 11 heavy (non-hydrogen) atoms. The van der Waals surface area contributed by atoms with Crippen LogP contribution in [0.15, 0.2) is 22.6 Å². The van der Waals surface area contributed by atoms with E-state index in [1.54, 1.807) is 23.1 Å². The fourth-order valence-electron chi connectivity index (χ4n) is 0.640. The molecule has 0 radical (unpaired) electrons. The molecule has 0 aromatic carbocycles. The molecule has 0 amide bonds. The molecular weight excluding hydrogens is 291 g/mol. The molecule has 0 bridgehead atoms. The fourth-order valence-corrected chi connectivity index (χ4v) is 2.45. The first kappa shape index (κ1) is 9.34. The molecule has 1 aromatic heterocycles. The van der Waals surface area contributed by atoms with Crippen molar-refractivity contribution in [3.05, 3.63) is 22.4 Å². The highest BCUT2D eigenvalue weighted by Crippen LogP contribution is 2.16. The lowest BCUT2D eigenvalue weighted by Crippen LogP contribution is -1.95. The predicted molar refractivity (Wildman–Crippen MR) is 61.5 cm³/mol. The standard InChI is InChI=1S/C6H7IN2S2/c1-10-6(8-9-7)5-3-2-4-11-5/h2-4,9H,1H3. The highest BCUT2D eigenvalue weighted by atomic mass is 127. The van der Waals surface area contributed by atoms with Crippen molar-refractivity contribution in [2.45, 2.75) is 0 Å². The normalized spacial score (nSPS) is 11.6. The van der Waals surface area contributed by atoms with Crippen LogP contribution in [-0.4, -0.2) is 11.3 Å². The summed E-state index contributed by atoms with van der Waals surface area (Å²) < 4.78 is 2.75. The third-order valence-electron chi connectivity index (χ3n) is 1.07. The van der Waals surface area contributed by atoms with Crippen LogP contribution < -0.4 is 3.64 Å². The molecular formula is C6H7IN2S2. The molecule has 60 valence electrons. The Labute approximate surface area is 88.0 Å². The number of hydrazone groups is 1. The van der Waals surface area contributed by atoms with E-state index in [1.165, 1.54) is 4.88 Å². The molecule has 0 spiro atoms. The average molecular weight is 298 g/mol. The molecule has 0 fully saturated rings. The van der Waals surface area contributed by atoms with Crippen molar-refractivity contribution < 1.29 is 0 Å². The van der Waals surface area contributed by atoms with E-state index in [2.05, 4.69) is 14.8 Å². The zero-order chi connectivity index (χ0) is 8.10. The van der Waals surface area contributed by atoms with Gasteiger partial charge >= 0.3 is 0 Å². The van der Waals surface area contributed by atoms with Gasteiger partial charge in [-0.25, -0.2) is 3.64 Å². The maximum Gasteiger partial charge on any atom is 0.134 e. The molecule has 1 N–H and O–H groups in total. The van der Waals surface area contributed by atoms with Crippen LogP contribution in [0.25, 0.3) is 0 Å². The SMILES string of the molecule is CSC(=NNI)c1cccs1. The van der Waals surface area contributed by atoms with Crippen molar-refractivity contribution in [1.29, 1.82) is 0 Å². The van der Waals surface area contributed by atoms with Crippen molar-refractivity contribution in [2.24, 2.45) is 5.10 Å². The number of thiophene rings is 1. The molecule has 0 saturated carbocycles. The van der Waals surface area contributed by atoms with Crippen LogP contribution in [0.2, 0.25) is 0 Å². The number of thioether (sulfide) groups is 1. The van der Waals surface area contributed by atoms with E-state index in [4.69, 9.17) is 0 Å². The zero-order valence-electron chi connectivity index (χ0n) is 5.87. The molecule has 0 unspecified atom stereocenters. The predicted octanol–water partition coefficient (Wildman–Crippen LogP) is 2.71. The van der Waals surface area contributed by atoms with Gasteiger partial charge in [0.25, 0.3) is 0 Å². The third kappa shape index (κ3) is 2.64. The molecule has 5 heteroatoms. The van der Waals surface area contributed by atoms with Gasteiger partial charge in [-0.2, -0.15) is 5.10 Å². The van der Waals surface area contributed by atoms with E-state index in [-0.39, 0.29) is 0 Å². The highest BCUT2D eigenvalue weighted by Gasteiger charge is 2.01. The van der Waals surface area contributed by atoms with E-state index < -0.39 is 0 Å². The number of rotatable bonds is 2. The topological polar surface area (TPSA) is 24.4 Å². The Balaban J connectivity index is 2.79. The molecule has 0 aliphatic rings. The van der Waals surface area contributed by atoms with E-state index in [0.29, 0.717) is 0 Å². The first-order valence-corrected chi connectivity index (χ1v) is 6.08. The summed E-state index contributed by atoms with van der Waals surface area (Å²) in [6, 6.07) is 4.09. The van der Waals surface area contributed by atoms with Gasteiger partial charge in [-0.05, 0) is 17.7 Å². The van der Waals surface area contributed by atoms with Crippen molar-refractivity contribution in [2.75, 3.05) is 6.26 Å². The Morgan fingerprint density at radius 3 is 3.09 bits per heavy atom. The van der Waals surface area contributed by atoms with Crippen LogP contribution in [0.5, 0.6) is 0 Å². The molecule has 0 saturated heterocycles. The maximum atomic E-state index is 4.11. The second-order valence-electron chi connectivity index (χ2n) is 1.68. The molecule has 1 heterocycles. The third-order valence-corrected chi connectivity index (χ3v) is 3.01. The quantitative estimate of drug-likeness (QED) is 0.298. The molecule has 0 atom stereocenters. The van der Waals surface area contributed by atoms with Crippen molar-refractivity contribution >= 4 is 51.0 Å². The summed E-state index contributed by atoms with van der Waals surface area (Å²) in [5.41, 5.74) is 0. The van der Waals surface area contributed by atoms with Gasteiger partial charge in [0, 0.05) is 0 Å². The van der Waals surface area contributed by atoms with Gasteiger partial charge in [-0.15, -0.1) is 23.1 Å². The van der Waals surface area contributed by atoms with Crippen molar-refractivity contribution in [1.82, 2.24) is 3.64 Å². The summed E-state index contributed by atoms with van der Waals surface area (Å²) in [5.74, 6) is 0. The summed E-state index contributed by atoms with van der Waals surface area (Å²) >= 11 is 5.35. The number of hydrogen-bond donors (Lipinski definition) is 1. The van der Waals surface area contributed by atoms with Gasteiger partial charge < -0.3 is 0 Å². The fraction of sp³-hybridized carbons (Fsp3) is 0.167. The van der Waals surface area contributed by atoms with Crippen LogP contribution in [0, 0.1) is 0 Å². The first-order valence-electron chi connectivity index (χ1n) is 2.89. The van der Waals surface area contributed by atoms with E-state index in [9.17, 15) is 0 Å². The summed E-state index contributed by atoms with van der Waals surface area (Å²) in [7, 11) is 0. The Kier molecular flexibility index (Phi) is 4.24. The van der Waals surface area contributed by atoms with Gasteiger partial charge in [0.1, 0.15) is 5.04 Å². The minimum atomic E-state index is 1.04. The minimum absolute atomic E-state index is 1.04. The molecule has 1 aromatic rings. The van der Waals surface area contributed by atoms with E-state index in [0.717, 1.165) is 5.04 Å². The van der Waals surface area contributed by atoms with Crippen molar-refractivity contribution in [3.8, 4) is 0 Å². The van der Waals surface area contributed by atoms with Crippen LogP contribution in [0.4, 0.5) is 0 Å². The lowest BCUT2D eigenvalue weighted by Gasteiger charge is -1.96. The Hall–Kier alpha value is 0.250. The molecule has 2 nitrogen and oxygen atoms in total. The van der Waals surface area contributed by atoms with E-state index in [1.807, 2.05) is 40.6 Å². The molecule has 1 rings (SSSR count). The van der Waals surface area contributed by atoms with Gasteiger partial charge in [0.2, 0.25) is 0 Å². The van der Waals surface area contributed by atoms with Gasteiger partial charge in [-0.1, -0.05) is 6.07 Å². The number of halogens is 1. The highest BCUT2D eigenvalue weighted by molar-refractivity contribution is 14.1. The summed E-state index contributed by atoms with van der Waals surface area (Å²) in [5, 5.41) is 7.20. The van der Waals surface area contributed by atoms with Gasteiger partial charge in [0.15, 0.2) is 0 Å². The zero-order valence-corrected chi connectivity index (χ0v) is 9.66. The van der Waals surface area contributed by atoms with E-state index >= 15 is 0 Å². The van der Waals surface area contributed by atoms with Crippen LogP contribution in [-0.2, 0) is 0 Å². The summed E-state index contributed by atoms with van der Waals surface area (Å²) in [6.45, 7) is 0. The Morgan fingerprint density at radius 2 is 2.64 bits per heavy atom. The minimum Gasteiger partial charge on any atom is -0.249 e. The second-order valence-corrected chi connectivity index (χ2v) is 3.91. The van der Waals surface area contributed by atoms with Crippen LogP contribution in [0.3, 0.4) is 0 Å². The molecule has 0 aliphatic heterocycles. The van der Waals surface area contributed by atoms with Gasteiger partial charge in [-0.3, -0.25) is 0 Å². The Bertz CT molecular complexity index is 233. The number of nitrogens with one attached hydrogen (secondary N) is 1. The van der Waals surface area contributed by atoms with Crippen molar-refractivity contribution in [3.63, 3.8) is 0 Å². The smallest absolute Gasteiger partial charge is 0.134 e. The maximum absolute atomic E-state index is 4.11. The molecule has 0 aliphatic carbocycles. The number of nitrogens with zero attached hydrogens (tertiary/aromatic N) is 1. The largest absolute Gasteiger partial charge is 0.249 e. The van der Waals surface area contributed by atoms with Crippen LogP contribution >= 0.6 is 46.0 Å². The Morgan fingerprint density at radius 1 is 1.82 bits per heavy atom. The summed E-state index contributed by atoms with van der Waals surface area (Å²) in [6.07, 6.45) is 2.02. The summed E-state index contributed by atoms with van der Waals surface area (Å²) in [4.78, 5) is 1.21. The first-order chi connectivity index (χ1) is 5.38.